The normalized spacial score (nSPS) is 17.5. The molecule has 8 nitrogen and oxygen atoms in total. The van der Waals surface area contributed by atoms with Gasteiger partial charge in [-0.2, -0.15) is 0 Å². The minimum atomic E-state index is -0.0905. The van der Waals surface area contributed by atoms with Gasteiger partial charge in [0.05, 0.1) is 11.6 Å². The van der Waals surface area contributed by atoms with Crippen molar-refractivity contribution >= 4 is 16.9 Å². The molecule has 0 fully saturated rings. The highest BCUT2D eigenvalue weighted by molar-refractivity contribution is 5.80. The maximum absolute atomic E-state index is 12.7. The van der Waals surface area contributed by atoms with E-state index < -0.39 is 0 Å². The van der Waals surface area contributed by atoms with Crippen LogP contribution in [0.2, 0.25) is 0 Å². The second-order valence-electron chi connectivity index (χ2n) is 5.76. The van der Waals surface area contributed by atoms with Crippen LogP contribution in [0.15, 0.2) is 24.3 Å². The predicted octanol–water partition coefficient (Wildman–Crippen LogP) is 0.935. The molecule has 4 rings (SSSR count). The van der Waals surface area contributed by atoms with E-state index in [4.69, 9.17) is 0 Å². The van der Waals surface area contributed by atoms with Crippen LogP contribution in [0.4, 0.5) is 0 Å². The maximum Gasteiger partial charge on any atom is 0.245 e. The van der Waals surface area contributed by atoms with Crippen LogP contribution < -0.4 is 0 Å². The maximum atomic E-state index is 12.7. The molecule has 1 aliphatic heterocycles. The molecule has 1 atom stereocenters. The molecule has 0 saturated heterocycles. The Balaban J connectivity index is 1.58. The Hall–Kier alpha value is -2.77. The van der Waals surface area contributed by atoms with E-state index in [1.807, 2.05) is 43.0 Å². The van der Waals surface area contributed by atoms with Crippen molar-refractivity contribution in [2.45, 2.75) is 33.0 Å². The first kappa shape index (κ1) is 13.9. The molecule has 3 heterocycles. The SMILES string of the molecule is Cc1nnc2n1CCN(C(=O)Cn1nnc3ccccc31)C2C. The van der Waals surface area contributed by atoms with Crippen molar-refractivity contribution in [3.8, 4) is 0 Å². The number of carbonyl (C=O) groups is 1. The van der Waals surface area contributed by atoms with E-state index in [1.54, 1.807) is 4.68 Å². The zero-order chi connectivity index (χ0) is 16.0. The fourth-order valence-electron chi connectivity index (χ4n) is 3.12. The van der Waals surface area contributed by atoms with Crippen LogP contribution in [0.1, 0.15) is 24.6 Å². The van der Waals surface area contributed by atoms with Crippen molar-refractivity contribution in [3.63, 3.8) is 0 Å². The third kappa shape index (κ3) is 2.18. The minimum absolute atomic E-state index is 0.0139. The molecule has 0 saturated carbocycles. The summed E-state index contributed by atoms with van der Waals surface area (Å²) in [5, 5.41) is 16.5. The molecule has 1 aliphatic rings. The highest BCUT2D eigenvalue weighted by atomic mass is 16.2. The standard InChI is InChI=1S/C15H17N7O/c1-10-15-18-16-11(2)21(15)8-7-20(10)14(23)9-22-13-6-4-3-5-12(13)17-19-22/h3-6,10H,7-9H2,1-2H3. The lowest BCUT2D eigenvalue weighted by molar-refractivity contribution is -0.135. The fraction of sp³-hybridized carbons (Fsp3) is 0.400. The van der Waals surface area contributed by atoms with Gasteiger partial charge in [0.15, 0.2) is 5.82 Å². The van der Waals surface area contributed by atoms with Gasteiger partial charge in [-0.05, 0) is 26.0 Å². The first-order chi connectivity index (χ1) is 11.1. The van der Waals surface area contributed by atoms with Crippen LogP contribution in [0.5, 0.6) is 0 Å². The molecule has 2 aromatic heterocycles. The number of nitrogens with zero attached hydrogens (tertiary/aromatic N) is 7. The van der Waals surface area contributed by atoms with Gasteiger partial charge < -0.3 is 9.47 Å². The molecule has 23 heavy (non-hydrogen) atoms. The number of fused-ring (bicyclic) bond motifs is 2. The smallest absolute Gasteiger partial charge is 0.245 e. The monoisotopic (exact) mass is 311 g/mol. The van der Waals surface area contributed by atoms with E-state index in [0.717, 1.165) is 29.2 Å². The molecule has 118 valence electrons. The van der Waals surface area contributed by atoms with Gasteiger partial charge in [-0.15, -0.1) is 15.3 Å². The average molecular weight is 311 g/mol. The Bertz CT molecular complexity index is 881. The largest absolute Gasteiger partial charge is 0.329 e. The van der Waals surface area contributed by atoms with Crippen molar-refractivity contribution in [3.05, 3.63) is 35.9 Å². The third-order valence-corrected chi connectivity index (χ3v) is 4.40. The number of rotatable bonds is 2. The van der Waals surface area contributed by atoms with Crippen LogP contribution >= 0.6 is 0 Å². The zero-order valence-electron chi connectivity index (χ0n) is 13.0. The Labute approximate surface area is 132 Å². The van der Waals surface area contributed by atoms with E-state index in [1.165, 1.54) is 0 Å². The summed E-state index contributed by atoms with van der Waals surface area (Å²) in [6, 6.07) is 7.54. The van der Waals surface area contributed by atoms with Gasteiger partial charge in [0.25, 0.3) is 0 Å². The summed E-state index contributed by atoms with van der Waals surface area (Å²) in [6.45, 7) is 5.47. The van der Waals surface area contributed by atoms with Gasteiger partial charge in [-0.1, -0.05) is 17.3 Å². The Morgan fingerprint density at radius 1 is 1.22 bits per heavy atom. The van der Waals surface area contributed by atoms with E-state index in [9.17, 15) is 4.79 Å². The summed E-state index contributed by atoms with van der Waals surface area (Å²) < 4.78 is 3.72. The Morgan fingerprint density at radius 2 is 2.04 bits per heavy atom. The van der Waals surface area contributed by atoms with Gasteiger partial charge in [0.2, 0.25) is 5.91 Å². The second kappa shape index (κ2) is 5.15. The van der Waals surface area contributed by atoms with E-state index in [0.29, 0.717) is 6.54 Å². The summed E-state index contributed by atoms with van der Waals surface area (Å²) in [4.78, 5) is 14.5. The molecule has 1 amide bonds. The lowest BCUT2D eigenvalue weighted by atomic mass is 10.2. The molecule has 1 aromatic carbocycles. The Kier molecular flexibility index (Phi) is 3.10. The number of aryl methyl sites for hydroxylation is 1. The Morgan fingerprint density at radius 3 is 2.91 bits per heavy atom. The van der Waals surface area contributed by atoms with Crippen molar-refractivity contribution in [1.29, 1.82) is 0 Å². The fourth-order valence-corrected chi connectivity index (χ4v) is 3.12. The highest BCUT2D eigenvalue weighted by Crippen LogP contribution is 2.24. The van der Waals surface area contributed by atoms with Crippen molar-refractivity contribution in [2.24, 2.45) is 0 Å². The van der Waals surface area contributed by atoms with Crippen LogP contribution in [0, 0.1) is 6.92 Å². The van der Waals surface area contributed by atoms with E-state index in [2.05, 4.69) is 25.1 Å². The van der Waals surface area contributed by atoms with Crippen molar-refractivity contribution < 1.29 is 4.79 Å². The molecular weight excluding hydrogens is 294 g/mol. The van der Waals surface area contributed by atoms with E-state index >= 15 is 0 Å². The summed E-state index contributed by atoms with van der Waals surface area (Å²) in [5.41, 5.74) is 1.66. The molecule has 3 aromatic rings. The number of hydrogen-bond acceptors (Lipinski definition) is 5. The first-order valence-electron chi connectivity index (χ1n) is 7.62. The number of aromatic nitrogens is 6. The van der Waals surface area contributed by atoms with E-state index in [-0.39, 0.29) is 18.5 Å². The number of amides is 1. The number of hydrogen-bond donors (Lipinski definition) is 0. The van der Waals surface area contributed by atoms with Gasteiger partial charge in [0.1, 0.15) is 17.9 Å². The van der Waals surface area contributed by atoms with Crippen molar-refractivity contribution in [2.75, 3.05) is 6.54 Å². The van der Waals surface area contributed by atoms with Crippen LogP contribution in [-0.2, 0) is 17.9 Å². The summed E-state index contributed by atoms with van der Waals surface area (Å²) in [6.07, 6.45) is 0. The van der Waals surface area contributed by atoms with Gasteiger partial charge in [-0.3, -0.25) is 4.79 Å². The van der Waals surface area contributed by atoms with Crippen LogP contribution in [0.25, 0.3) is 11.0 Å². The highest BCUT2D eigenvalue weighted by Gasteiger charge is 2.30. The molecule has 0 radical (unpaired) electrons. The third-order valence-electron chi connectivity index (χ3n) is 4.40. The molecule has 0 bridgehead atoms. The quantitative estimate of drug-likeness (QED) is 0.703. The molecule has 1 unspecified atom stereocenters. The summed E-state index contributed by atoms with van der Waals surface area (Å²) in [5.74, 6) is 1.74. The molecule has 0 spiro atoms. The average Bonchev–Trinajstić information content (AvgIpc) is 3.13. The number of carbonyl (C=O) groups excluding carboxylic acids is 1. The summed E-state index contributed by atoms with van der Waals surface area (Å²) in [7, 11) is 0. The molecular formula is C15H17N7O. The minimum Gasteiger partial charge on any atom is -0.329 e. The topological polar surface area (TPSA) is 81.7 Å². The predicted molar refractivity (Wildman–Crippen MR) is 82.4 cm³/mol. The molecule has 8 heteroatoms. The van der Waals surface area contributed by atoms with Gasteiger partial charge in [0, 0.05) is 13.1 Å². The number of benzene rings is 1. The molecule has 0 aliphatic carbocycles. The lowest BCUT2D eigenvalue weighted by Gasteiger charge is -2.33. The van der Waals surface area contributed by atoms with Crippen LogP contribution in [0.3, 0.4) is 0 Å². The summed E-state index contributed by atoms with van der Waals surface area (Å²) >= 11 is 0. The lowest BCUT2D eigenvalue weighted by Crippen LogP contribution is -2.43. The molecule has 0 N–H and O–H groups in total. The second-order valence-corrected chi connectivity index (χ2v) is 5.76. The van der Waals surface area contributed by atoms with Crippen molar-refractivity contribution in [1.82, 2.24) is 34.7 Å². The number of para-hydroxylation sites is 1. The first-order valence-corrected chi connectivity index (χ1v) is 7.62. The van der Waals surface area contributed by atoms with Gasteiger partial charge in [-0.25, -0.2) is 4.68 Å². The zero-order valence-corrected chi connectivity index (χ0v) is 13.0. The van der Waals surface area contributed by atoms with Gasteiger partial charge >= 0.3 is 0 Å². The van der Waals surface area contributed by atoms with Crippen LogP contribution in [-0.4, -0.2) is 47.1 Å².